The van der Waals surface area contributed by atoms with Crippen LogP contribution >= 0.6 is 12.2 Å². The maximum absolute atomic E-state index is 5.50. The minimum Gasteiger partial charge on any atom is -0.478 e. The maximum Gasteiger partial charge on any atom is 0.213 e. The monoisotopic (exact) mass is 238 g/mol. The van der Waals surface area contributed by atoms with Gasteiger partial charge in [-0.25, -0.2) is 4.98 Å². The van der Waals surface area contributed by atoms with Gasteiger partial charge < -0.3 is 10.5 Å². The summed E-state index contributed by atoms with van der Waals surface area (Å²) in [6, 6.07) is 3.62. The third-order valence-electron chi connectivity index (χ3n) is 2.20. The van der Waals surface area contributed by atoms with Crippen molar-refractivity contribution in [2.45, 2.75) is 26.7 Å². The summed E-state index contributed by atoms with van der Waals surface area (Å²) >= 11 is 4.84. The molecule has 4 heteroatoms. The van der Waals surface area contributed by atoms with E-state index in [1.54, 1.807) is 12.3 Å². The fourth-order valence-electron chi connectivity index (χ4n) is 1.28. The van der Waals surface area contributed by atoms with Crippen molar-refractivity contribution in [1.82, 2.24) is 4.98 Å². The summed E-state index contributed by atoms with van der Waals surface area (Å²) in [5.41, 5.74) is 6.24. The van der Waals surface area contributed by atoms with Gasteiger partial charge in [-0.2, -0.15) is 0 Å². The molecule has 88 valence electrons. The highest BCUT2D eigenvalue weighted by Crippen LogP contribution is 2.09. The van der Waals surface area contributed by atoms with Gasteiger partial charge in [-0.05, 0) is 24.8 Å². The van der Waals surface area contributed by atoms with Crippen molar-refractivity contribution in [3.63, 3.8) is 0 Å². The Morgan fingerprint density at radius 2 is 2.25 bits per heavy atom. The van der Waals surface area contributed by atoms with Crippen LogP contribution in [-0.2, 0) is 0 Å². The first-order chi connectivity index (χ1) is 7.59. The average molecular weight is 238 g/mol. The van der Waals surface area contributed by atoms with E-state index in [9.17, 15) is 0 Å². The third-order valence-corrected chi connectivity index (χ3v) is 2.43. The van der Waals surface area contributed by atoms with Crippen molar-refractivity contribution in [3.05, 3.63) is 23.9 Å². The lowest BCUT2D eigenvalue weighted by molar-refractivity contribution is 0.287. The number of hydrogen-bond donors (Lipinski definition) is 1. The maximum atomic E-state index is 5.50. The van der Waals surface area contributed by atoms with Gasteiger partial charge in [0.2, 0.25) is 5.88 Å². The summed E-state index contributed by atoms with van der Waals surface area (Å²) < 4.78 is 5.50. The Bertz CT molecular complexity index is 335. The highest BCUT2D eigenvalue weighted by atomic mass is 32.1. The Balaban J connectivity index is 2.35. The summed E-state index contributed by atoms with van der Waals surface area (Å²) in [6.07, 6.45) is 3.86. The average Bonchev–Trinajstić information content (AvgIpc) is 2.25. The molecular formula is C12H18N2OS. The molecule has 0 aliphatic rings. The molecule has 1 heterocycles. The number of aromatic nitrogens is 1. The fourth-order valence-corrected chi connectivity index (χ4v) is 1.40. The first kappa shape index (κ1) is 12.9. The van der Waals surface area contributed by atoms with E-state index in [4.69, 9.17) is 22.7 Å². The number of nitrogens with two attached hydrogens (primary N) is 1. The Kier molecular flexibility index (Phi) is 5.19. The van der Waals surface area contributed by atoms with E-state index in [1.807, 2.05) is 6.07 Å². The Morgan fingerprint density at radius 3 is 2.75 bits per heavy atom. The molecule has 0 radical (unpaired) electrons. The van der Waals surface area contributed by atoms with E-state index in [2.05, 4.69) is 18.8 Å². The number of hydrogen-bond acceptors (Lipinski definition) is 3. The molecule has 1 aromatic heterocycles. The second-order valence-electron chi connectivity index (χ2n) is 4.13. The van der Waals surface area contributed by atoms with E-state index in [-0.39, 0.29) is 0 Å². The molecule has 1 rings (SSSR count). The zero-order chi connectivity index (χ0) is 12.0. The molecular weight excluding hydrogens is 220 g/mol. The highest BCUT2D eigenvalue weighted by molar-refractivity contribution is 7.80. The minimum absolute atomic E-state index is 0.360. The van der Waals surface area contributed by atoms with Gasteiger partial charge >= 0.3 is 0 Å². The predicted octanol–water partition coefficient (Wildman–Crippen LogP) is 2.53. The Labute approximate surface area is 102 Å². The molecule has 0 fully saturated rings. The van der Waals surface area contributed by atoms with Crippen molar-refractivity contribution in [3.8, 4) is 5.88 Å². The SMILES string of the molecule is CC(C)CCCOc1ccc(C(N)=S)cn1. The predicted molar refractivity (Wildman–Crippen MR) is 69.7 cm³/mol. The van der Waals surface area contributed by atoms with E-state index >= 15 is 0 Å². The molecule has 3 nitrogen and oxygen atoms in total. The van der Waals surface area contributed by atoms with Crippen molar-refractivity contribution in [1.29, 1.82) is 0 Å². The number of ether oxygens (including phenoxy) is 1. The normalized spacial score (nSPS) is 10.4. The van der Waals surface area contributed by atoms with Crippen LogP contribution in [0, 0.1) is 5.92 Å². The van der Waals surface area contributed by atoms with Crippen LogP contribution in [0.4, 0.5) is 0 Å². The molecule has 0 aromatic carbocycles. The van der Waals surface area contributed by atoms with Gasteiger partial charge in [-0.3, -0.25) is 0 Å². The summed E-state index contributed by atoms with van der Waals surface area (Å²) in [6.45, 7) is 5.11. The lowest BCUT2D eigenvalue weighted by Crippen LogP contribution is -2.09. The molecule has 1 aromatic rings. The number of nitrogens with zero attached hydrogens (tertiary/aromatic N) is 1. The quantitative estimate of drug-likeness (QED) is 0.611. The van der Waals surface area contributed by atoms with E-state index in [0.717, 1.165) is 12.0 Å². The molecule has 0 saturated heterocycles. The van der Waals surface area contributed by atoms with Crippen LogP contribution in [0.3, 0.4) is 0 Å². The zero-order valence-electron chi connectivity index (χ0n) is 9.77. The molecule has 0 bridgehead atoms. The lowest BCUT2D eigenvalue weighted by Gasteiger charge is -2.07. The number of rotatable bonds is 6. The van der Waals surface area contributed by atoms with Crippen LogP contribution in [0.2, 0.25) is 0 Å². The molecule has 0 amide bonds. The number of pyridine rings is 1. The van der Waals surface area contributed by atoms with Gasteiger partial charge in [-0.15, -0.1) is 0 Å². The van der Waals surface area contributed by atoms with Crippen LogP contribution in [0.15, 0.2) is 18.3 Å². The van der Waals surface area contributed by atoms with Crippen LogP contribution < -0.4 is 10.5 Å². The van der Waals surface area contributed by atoms with Crippen molar-refractivity contribution in [2.75, 3.05) is 6.61 Å². The van der Waals surface area contributed by atoms with Crippen LogP contribution in [0.25, 0.3) is 0 Å². The first-order valence-electron chi connectivity index (χ1n) is 5.48. The van der Waals surface area contributed by atoms with Gasteiger partial charge in [0.15, 0.2) is 0 Å². The Morgan fingerprint density at radius 1 is 1.50 bits per heavy atom. The van der Waals surface area contributed by atoms with Gasteiger partial charge in [0.05, 0.1) is 6.61 Å². The van der Waals surface area contributed by atoms with Gasteiger partial charge in [-0.1, -0.05) is 26.1 Å². The topological polar surface area (TPSA) is 48.1 Å². The minimum atomic E-state index is 0.360. The fraction of sp³-hybridized carbons (Fsp3) is 0.500. The van der Waals surface area contributed by atoms with E-state index < -0.39 is 0 Å². The zero-order valence-corrected chi connectivity index (χ0v) is 10.6. The Hall–Kier alpha value is -1.16. The second kappa shape index (κ2) is 6.43. The lowest BCUT2D eigenvalue weighted by atomic mass is 10.1. The van der Waals surface area contributed by atoms with Gasteiger partial charge in [0.25, 0.3) is 0 Å². The molecule has 0 aliphatic carbocycles. The summed E-state index contributed by atoms with van der Waals surface area (Å²) in [5, 5.41) is 0. The van der Waals surface area contributed by atoms with Crippen LogP contribution in [0.5, 0.6) is 5.88 Å². The number of thiocarbonyl (C=S) groups is 1. The largest absolute Gasteiger partial charge is 0.478 e. The smallest absolute Gasteiger partial charge is 0.213 e. The summed E-state index contributed by atoms with van der Waals surface area (Å²) in [5.74, 6) is 1.34. The van der Waals surface area contributed by atoms with Crippen LogP contribution in [0.1, 0.15) is 32.3 Å². The summed E-state index contributed by atoms with van der Waals surface area (Å²) in [7, 11) is 0. The molecule has 16 heavy (non-hydrogen) atoms. The third kappa shape index (κ3) is 4.57. The summed E-state index contributed by atoms with van der Waals surface area (Å²) in [4.78, 5) is 4.49. The van der Waals surface area contributed by atoms with E-state index in [1.165, 1.54) is 6.42 Å². The van der Waals surface area contributed by atoms with E-state index in [0.29, 0.717) is 23.4 Å². The molecule has 0 spiro atoms. The molecule has 0 atom stereocenters. The van der Waals surface area contributed by atoms with Gasteiger partial charge in [0, 0.05) is 17.8 Å². The highest BCUT2D eigenvalue weighted by Gasteiger charge is 1.99. The van der Waals surface area contributed by atoms with Crippen LogP contribution in [-0.4, -0.2) is 16.6 Å². The van der Waals surface area contributed by atoms with Crippen molar-refractivity contribution >= 4 is 17.2 Å². The molecule has 0 aliphatic heterocycles. The van der Waals surface area contributed by atoms with Crippen molar-refractivity contribution in [2.24, 2.45) is 11.7 Å². The molecule has 2 N–H and O–H groups in total. The molecule has 0 saturated carbocycles. The standard InChI is InChI=1S/C12H18N2OS/c1-9(2)4-3-7-15-11-6-5-10(8-14-11)12(13)16/h5-6,8-9H,3-4,7H2,1-2H3,(H2,13,16). The molecule has 0 unspecified atom stereocenters. The van der Waals surface area contributed by atoms with Gasteiger partial charge in [0.1, 0.15) is 4.99 Å². The van der Waals surface area contributed by atoms with Crippen molar-refractivity contribution < 1.29 is 4.74 Å². The second-order valence-corrected chi connectivity index (χ2v) is 4.57. The first-order valence-corrected chi connectivity index (χ1v) is 5.89.